The van der Waals surface area contributed by atoms with E-state index in [9.17, 15) is 0 Å². The monoisotopic (exact) mass is 249 g/mol. The van der Waals surface area contributed by atoms with Gasteiger partial charge in [0.1, 0.15) is 0 Å². The molecule has 0 unspecified atom stereocenters. The van der Waals surface area contributed by atoms with E-state index in [1.54, 1.807) is 25.4 Å². The van der Waals surface area contributed by atoms with Crippen LogP contribution in [-0.4, -0.2) is 17.0 Å². The van der Waals surface area contributed by atoms with Gasteiger partial charge in [0.05, 0.1) is 11.9 Å². The van der Waals surface area contributed by atoms with Crippen LogP contribution in [0.15, 0.2) is 30.5 Å². The first-order valence-electron chi connectivity index (χ1n) is 5.02. The van der Waals surface area contributed by atoms with Gasteiger partial charge < -0.3 is 16.4 Å². The first-order chi connectivity index (χ1) is 8.19. The number of aromatic nitrogens is 2. The minimum Gasteiger partial charge on any atom is -0.394 e. The molecule has 2 rings (SSSR count). The fourth-order valence-corrected chi connectivity index (χ4v) is 1.44. The predicted molar refractivity (Wildman–Crippen MR) is 70.7 cm³/mol. The molecule has 5 nitrogen and oxygen atoms in total. The molecule has 0 radical (unpaired) electrons. The zero-order chi connectivity index (χ0) is 12.3. The summed E-state index contributed by atoms with van der Waals surface area (Å²) < 4.78 is 0. The Morgan fingerprint density at radius 1 is 1.24 bits per heavy atom. The van der Waals surface area contributed by atoms with E-state index < -0.39 is 0 Å². The van der Waals surface area contributed by atoms with E-state index in [2.05, 4.69) is 20.6 Å². The molecule has 0 bridgehead atoms. The highest BCUT2D eigenvalue weighted by Gasteiger charge is 2.02. The molecule has 0 aliphatic heterocycles. The van der Waals surface area contributed by atoms with Crippen LogP contribution in [0.2, 0.25) is 5.02 Å². The van der Waals surface area contributed by atoms with Crippen LogP contribution < -0.4 is 16.4 Å². The number of benzene rings is 1. The van der Waals surface area contributed by atoms with Crippen LogP contribution in [-0.2, 0) is 0 Å². The van der Waals surface area contributed by atoms with Crippen molar-refractivity contribution in [3.05, 3.63) is 35.5 Å². The third-order valence-electron chi connectivity index (χ3n) is 2.15. The van der Waals surface area contributed by atoms with Gasteiger partial charge in [0.15, 0.2) is 5.82 Å². The van der Waals surface area contributed by atoms with Crippen LogP contribution in [0.5, 0.6) is 0 Å². The highest BCUT2D eigenvalue weighted by atomic mass is 35.5. The minimum atomic E-state index is 0.478. The zero-order valence-corrected chi connectivity index (χ0v) is 9.99. The fraction of sp³-hybridized carbons (Fsp3) is 0.0909. The van der Waals surface area contributed by atoms with Gasteiger partial charge in [-0.3, -0.25) is 0 Å². The van der Waals surface area contributed by atoms with Crippen LogP contribution >= 0.6 is 11.6 Å². The Hall–Kier alpha value is -2.01. The SMILES string of the molecule is CNc1nc(Nc2ccc(Cl)cc2)ncc1N. The Balaban J connectivity index is 2.21. The number of nitrogen functional groups attached to an aromatic ring is 1. The summed E-state index contributed by atoms with van der Waals surface area (Å²) >= 11 is 5.80. The Kier molecular flexibility index (Phi) is 3.30. The van der Waals surface area contributed by atoms with Crippen molar-refractivity contribution in [2.75, 3.05) is 23.4 Å². The lowest BCUT2D eigenvalue weighted by atomic mass is 10.3. The average molecular weight is 250 g/mol. The molecule has 2 aromatic rings. The number of hydrogen-bond acceptors (Lipinski definition) is 5. The first kappa shape index (κ1) is 11.5. The van der Waals surface area contributed by atoms with E-state index in [1.807, 2.05) is 12.1 Å². The number of anilines is 4. The molecule has 1 heterocycles. The molecule has 0 saturated heterocycles. The second-order valence-corrected chi connectivity index (χ2v) is 3.82. The van der Waals surface area contributed by atoms with Gasteiger partial charge in [-0.1, -0.05) is 11.6 Å². The Morgan fingerprint density at radius 2 is 1.94 bits per heavy atom. The first-order valence-corrected chi connectivity index (χ1v) is 5.39. The predicted octanol–water partition coefficient (Wildman–Crippen LogP) is 2.50. The van der Waals surface area contributed by atoms with Crippen molar-refractivity contribution in [1.82, 2.24) is 9.97 Å². The largest absolute Gasteiger partial charge is 0.394 e. The highest BCUT2D eigenvalue weighted by Crippen LogP contribution is 2.19. The molecule has 4 N–H and O–H groups in total. The van der Waals surface area contributed by atoms with Gasteiger partial charge in [0.2, 0.25) is 5.95 Å². The van der Waals surface area contributed by atoms with Crippen molar-refractivity contribution < 1.29 is 0 Å². The summed E-state index contributed by atoms with van der Waals surface area (Å²) in [5.41, 5.74) is 7.05. The molecular weight excluding hydrogens is 238 g/mol. The maximum atomic E-state index is 5.80. The fourth-order valence-electron chi connectivity index (χ4n) is 1.31. The molecule has 0 aliphatic rings. The van der Waals surface area contributed by atoms with Crippen LogP contribution in [0.25, 0.3) is 0 Å². The zero-order valence-electron chi connectivity index (χ0n) is 9.24. The normalized spacial score (nSPS) is 10.0. The highest BCUT2D eigenvalue weighted by molar-refractivity contribution is 6.30. The summed E-state index contributed by atoms with van der Waals surface area (Å²) in [6.45, 7) is 0. The molecule has 0 fully saturated rings. The smallest absolute Gasteiger partial charge is 0.229 e. The molecule has 1 aromatic heterocycles. The third kappa shape index (κ3) is 2.76. The summed E-state index contributed by atoms with van der Waals surface area (Å²) in [5.74, 6) is 1.07. The number of halogens is 1. The average Bonchev–Trinajstić information content (AvgIpc) is 2.34. The number of nitrogens with two attached hydrogens (primary N) is 1. The van der Waals surface area contributed by atoms with Crippen LogP contribution in [0.4, 0.5) is 23.1 Å². The molecule has 0 spiro atoms. The maximum absolute atomic E-state index is 5.80. The van der Waals surface area contributed by atoms with Gasteiger partial charge >= 0.3 is 0 Å². The number of rotatable bonds is 3. The molecule has 17 heavy (non-hydrogen) atoms. The molecule has 6 heteroatoms. The second kappa shape index (κ2) is 4.88. The Morgan fingerprint density at radius 3 is 2.59 bits per heavy atom. The lowest BCUT2D eigenvalue weighted by molar-refractivity contribution is 1.16. The van der Waals surface area contributed by atoms with E-state index in [4.69, 9.17) is 17.3 Å². The lowest BCUT2D eigenvalue weighted by Gasteiger charge is -2.08. The standard InChI is InChI=1S/C11H12ClN5/c1-14-10-9(13)6-15-11(17-10)16-8-4-2-7(12)3-5-8/h2-6H,13H2,1H3,(H2,14,15,16,17). The molecule has 0 aliphatic carbocycles. The Labute approximate surface area is 104 Å². The van der Waals surface area contributed by atoms with Gasteiger partial charge in [0.25, 0.3) is 0 Å². The van der Waals surface area contributed by atoms with Crippen molar-refractivity contribution >= 4 is 34.7 Å². The van der Waals surface area contributed by atoms with Crippen molar-refractivity contribution in [3.8, 4) is 0 Å². The van der Waals surface area contributed by atoms with Gasteiger partial charge in [-0.05, 0) is 24.3 Å². The molecule has 0 atom stereocenters. The second-order valence-electron chi connectivity index (χ2n) is 3.38. The minimum absolute atomic E-state index is 0.478. The lowest BCUT2D eigenvalue weighted by Crippen LogP contribution is -2.03. The molecule has 0 amide bonds. The van der Waals surface area contributed by atoms with Crippen molar-refractivity contribution in [3.63, 3.8) is 0 Å². The third-order valence-corrected chi connectivity index (χ3v) is 2.41. The summed E-state index contributed by atoms with van der Waals surface area (Å²) in [4.78, 5) is 8.30. The van der Waals surface area contributed by atoms with Gasteiger partial charge in [0, 0.05) is 17.8 Å². The van der Waals surface area contributed by atoms with E-state index in [0.29, 0.717) is 22.5 Å². The topological polar surface area (TPSA) is 75.9 Å². The van der Waals surface area contributed by atoms with Gasteiger partial charge in [-0.15, -0.1) is 0 Å². The number of hydrogen-bond donors (Lipinski definition) is 3. The number of nitrogens with zero attached hydrogens (tertiary/aromatic N) is 2. The quantitative estimate of drug-likeness (QED) is 0.779. The van der Waals surface area contributed by atoms with Crippen molar-refractivity contribution in [2.24, 2.45) is 0 Å². The molecule has 88 valence electrons. The maximum Gasteiger partial charge on any atom is 0.229 e. The van der Waals surface area contributed by atoms with Crippen LogP contribution in [0, 0.1) is 0 Å². The summed E-state index contributed by atoms with van der Waals surface area (Å²) in [6, 6.07) is 7.28. The van der Waals surface area contributed by atoms with Crippen LogP contribution in [0.3, 0.4) is 0 Å². The Bertz CT molecular complexity index is 512. The summed E-state index contributed by atoms with van der Waals surface area (Å²) in [7, 11) is 1.75. The van der Waals surface area contributed by atoms with Crippen molar-refractivity contribution in [2.45, 2.75) is 0 Å². The van der Waals surface area contributed by atoms with Gasteiger partial charge in [-0.25, -0.2) is 4.98 Å². The van der Waals surface area contributed by atoms with E-state index in [-0.39, 0.29) is 0 Å². The van der Waals surface area contributed by atoms with E-state index >= 15 is 0 Å². The molecule has 0 saturated carbocycles. The van der Waals surface area contributed by atoms with E-state index in [1.165, 1.54) is 0 Å². The molecular formula is C11H12ClN5. The van der Waals surface area contributed by atoms with Gasteiger partial charge in [-0.2, -0.15) is 4.98 Å². The van der Waals surface area contributed by atoms with Crippen LogP contribution in [0.1, 0.15) is 0 Å². The number of nitrogens with one attached hydrogen (secondary N) is 2. The van der Waals surface area contributed by atoms with Crippen molar-refractivity contribution in [1.29, 1.82) is 0 Å². The summed E-state index contributed by atoms with van der Waals surface area (Å²) in [6.07, 6.45) is 1.55. The molecule has 1 aromatic carbocycles. The van der Waals surface area contributed by atoms with E-state index in [0.717, 1.165) is 5.69 Å². The summed E-state index contributed by atoms with van der Waals surface area (Å²) in [5, 5.41) is 6.63.